The first-order chi connectivity index (χ1) is 9.00. The molecule has 0 radical (unpaired) electrons. The van der Waals surface area contributed by atoms with Crippen molar-refractivity contribution in [2.24, 2.45) is 0 Å². The van der Waals surface area contributed by atoms with Crippen LogP contribution in [-0.4, -0.2) is 37.6 Å². The summed E-state index contributed by atoms with van der Waals surface area (Å²) < 4.78 is 0. The standard InChI is InChI=1S/C14H24N4O/c1-11(2)15-9-6-8-13(19)17-12-7-5-10-16-14(12)18(3)4/h5,7,10-11,15H,6,8-9H2,1-4H3,(H,17,19). The zero-order chi connectivity index (χ0) is 14.3. The molecule has 5 nitrogen and oxygen atoms in total. The van der Waals surface area contributed by atoms with Crippen molar-refractivity contribution >= 4 is 17.4 Å². The van der Waals surface area contributed by atoms with E-state index in [4.69, 9.17) is 0 Å². The molecule has 1 heterocycles. The van der Waals surface area contributed by atoms with Gasteiger partial charge in [0.1, 0.15) is 0 Å². The lowest BCUT2D eigenvalue weighted by molar-refractivity contribution is -0.116. The lowest BCUT2D eigenvalue weighted by Gasteiger charge is -2.16. The first-order valence-corrected chi connectivity index (χ1v) is 6.66. The lowest BCUT2D eigenvalue weighted by Crippen LogP contribution is -2.25. The number of pyridine rings is 1. The van der Waals surface area contributed by atoms with Gasteiger partial charge in [-0.05, 0) is 25.1 Å². The van der Waals surface area contributed by atoms with Gasteiger partial charge in [-0.25, -0.2) is 4.98 Å². The second kappa shape index (κ2) is 7.74. The molecule has 0 saturated heterocycles. The van der Waals surface area contributed by atoms with Gasteiger partial charge in [0.25, 0.3) is 0 Å². The fourth-order valence-corrected chi connectivity index (χ4v) is 1.70. The molecule has 2 N–H and O–H groups in total. The van der Waals surface area contributed by atoms with E-state index in [1.54, 1.807) is 6.20 Å². The van der Waals surface area contributed by atoms with E-state index in [2.05, 4.69) is 29.5 Å². The highest BCUT2D eigenvalue weighted by molar-refractivity contribution is 5.93. The molecule has 5 heteroatoms. The summed E-state index contributed by atoms with van der Waals surface area (Å²) in [6, 6.07) is 4.15. The second-order valence-corrected chi connectivity index (χ2v) is 5.03. The summed E-state index contributed by atoms with van der Waals surface area (Å²) in [7, 11) is 3.81. The van der Waals surface area contributed by atoms with Crippen molar-refractivity contribution in [1.29, 1.82) is 0 Å². The normalized spacial score (nSPS) is 10.6. The van der Waals surface area contributed by atoms with Crippen LogP contribution in [0.2, 0.25) is 0 Å². The van der Waals surface area contributed by atoms with Gasteiger partial charge >= 0.3 is 0 Å². The van der Waals surface area contributed by atoms with Gasteiger partial charge in [-0.2, -0.15) is 0 Å². The number of amides is 1. The van der Waals surface area contributed by atoms with Gasteiger partial charge in [-0.15, -0.1) is 0 Å². The minimum Gasteiger partial charge on any atom is -0.361 e. The number of carbonyl (C=O) groups is 1. The Morgan fingerprint density at radius 3 is 2.79 bits per heavy atom. The van der Waals surface area contributed by atoms with Crippen LogP contribution in [-0.2, 0) is 4.79 Å². The van der Waals surface area contributed by atoms with Gasteiger partial charge in [0.2, 0.25) is 5.91 Å². The van der Waals surface area contributed by atoms with Crippen LogP contribution < -0.4 is 15.5 Å². The number of carbonyl (C=O) groups excluding carboxylic acids is 1. The average molecular weight is 264 g/mol. The molecule has 1 rings (SSSR count). The highest BCUT2D eigenvalue weighted by Crippen LogP contribution is 2.20. The second-order valence-electron chi connectivity index (χ2n) is 5.03. The van der Waals surface area contributed by atoms with Crippen LogP contribution in [0.15, 0.2) is 18.3 Å². The topological polar surface area (TPSA) is 57.3 Å². The van der Waals surface area contributed by atoms with Crippen LogP contribution in [0.25, 0.3) is 0 Å². The minimum absolute atomic E-state index is 0.0293. The molecule has 0 bridgehead atoms. The molecule has 1 aromatic rings. The molecular formula is C14H24N4O. The molecule has 0 saturated carbocycles. The van der Waals surface area contributed by atoms with Crippen LogP contribution in [0.1, 0.15) is 26.7 Å². The first kappa shape index (κ1) is 15.4. The molecule has 1 aromatic heterocycles. The maximum absolute atomic E-state index is 11.8. The molecule has 0 atom stereocenters. The van der Waals surface area contributed by atoms with Crippen LogP contribution >= 0.6 is 0 Å². The van der Waals surface area contributed by atoms with E-state index in [1.807, 2.05) is 31.1 Å². The fraction of sp³-hybridized carbons (Fsp3) is 0.571. The molecule has 0 unspecified atom stereocenters. The third-order valence-corrected chi connectivity index (χ3v) is 2.62. The van der Waals surface area contributed by atoms with Crippen molar-refractivity contribution in [3.05, 3.63) is 18.3 Å². The van der Waals surface area contributed by atoms with E-state index in [0.29, 0.717) is 12.5 Å². The Morgan fingerprint density at radius 1 is 1.42 bits per heavy atom. The number of rotatable bonds is 7. The molecule has 0 aliphatic rings. The smallest absolute Gasteiger partial charge is 0.224 e. The Morgan fingerprint density at radius 2 is 2.16 bits per heavy atom. The Labute approximate surface area is 115 Å². The Bertz CT molecular complexity index is 404. The quantitative estimate of drug-likeness (QED) is 0.738. The van der Waals surface area contributed by atoms with Gasteiger partial charge in [-0.1, -0.05) is 13.8 Å². The van der Waals surface area contributed by atoms with Gasteiger partial charge in [0.15, 0.2) is 5.82 Å². The molecule has 106 valence electrons. The third-order valence-electron chi connectivity index (χ3n) is 2.62. The molecule has 1 amide bonds. The minimum atomic E-state index is 0.0293. The largest absolute Gasteiger partial charge is 0.361 e. The highest BCUT2D eigenvalue weighted by Gasteiger charge is 2.08. The summed E-state index contributed by atoms with van der Waals surface area (Å²) in [5, 5.41) is 6.20. The summed E-state index contributed by atoms with van der Waals surface area (Å²) in [5.74, 6) is 0.804. The first-order valence-electron chi connectivity index (χ1n) is 6.66. The summed E-state index contributed by atoms with van der Waals surface area (Å²) in [6.45, 7) is 5.05. The van der Waals surface area contributed by atoms with Crippen molar-refractivity contribution in [3.8, 4) is 0 Å². The molecule has 0 aliphatic carbocycles. The lowest BCUT2D eigenvalue weighted by atomic mass is 10.2. The average Bonchev–Trinajstić information content (AvgIpc) is 2.35. The van der Waals surface area contributed by atoms with Gasteiger partial charge < -0.3 is 15.5 Å². The number of hydrogen-bond acceptors (Lipinski definition) is 4. The van der Waals surface area contributed by atoms with E-state index in [1.165, 1.54) is 0 Å². The van der Waals surface area contributed by atoms with Crippen LogP contribution in [0.3, 0.4) is 0 Å². The van der Waals surface area contributed by atoms with Gasteiger partial charge in [0, 0.05) is 32.8 Å². The van der Waals surface area contributed by atoms with E-state index in [9.17, 15) is 4.79 Å². The Balaban J connectivity index is 2.44. The highest BCUT2D eigenvalue weighted by atomic mass is 16.1. The Kier molecular flexibility index (Phi) is 6.29. The summed E-state index contributed by atoms with van der Waals surface area (Å²) >= 11 is 0. The predicted molar refractivity (Wildman–Crippen MR) is 79.6 cm³/mol. The Hall–Kier alpha value is -1.62. The van der Waals surface area contributed by atoms with Gasteiger partial charge in [0.05, 0.1) is 5.69 Å². The maximum atomic E-state index is 11.8. The van der Waals surface area contributed by atoms with E-state index in [0.717, 1.165) is 24.5 Å². The van der Waals surface area contributed by atoms with Crippen molar-refractivity contribution in [2.75, 3.05) is 30.9 Å². The fourth-order valence-electron chi connectivity index (χ4n) is 1.70. The molecule has 0 aliphatic heterocycles. The zero-order valence-electron chi connectivity index (χ0n) is 12.2. The monoisotopic (exact) mass is 264 g/mol. The van der Waals surface area contributed by atoms with Crippen LogP contribution in [0.4, 0.5) is 11.5 Å². The summed E-state index contributed by atoms with van der Waals surface area (Å²) in [6.07, 6.45) is 3.07. The number of hydrogen-bond donors (Lipinski definition) is 2. The van der Waals surface area contributed by atoms with E-state index < -0.39 is 0 Å². The zero-order valence-corrected chi connectivity index (χ0v) is 12.2. The predicted octanol–water partition coefficient (Wildman–Crippen LogP) is 1.86. The van der Waals surface area contributed by atoms with Gasteiger partial charge in [-0.3, -0.25) is 4.79 Å². The van der Waals surface area contributed by atoms with Crippen molar-refractivity contribution in [1.82, 2.24) is 10.3 Å². The molecule has 19 heavy (non-hydrogen) atoms. The molecule has 0 aromatic carbocycles. The summed E-state index contributed by atoms with van der Waals surface area (Å²) in [4.78, 5) is 18.0. The third kappa shape index (κ3) is 5.70. The molecule has 0 spiro atoms. The number of aromatic nitrogens is 1. The van der Waals surface area contributed by atoms with Crippen LogP contribution in [0.5, 0.6) is 0 Å². The van der Waals surface area contributed by atoms with Crippen molar-refractivity contribution < 1.29 is 4.79 Å². The van der Waals surface area contributed by atoms with E-state index in [-0.39, 0.29) is 5.91 Å². The molecule has 0 fully saturated rings. The van der Waals surface area contributed by atoms with Crippen molar-refractivity contribution in [3.63, 3.8) is 0 Å². The SMILES string of the molecule is CC(C)NCCCC(=O)Nc1cccnc1N(C)C. The number of nitrogens with zero attached hydrogens (tertiary/aromatic N) is 2. The van der Waals surface area contributed by atoms with Crippen molar-refractivity contribution in [2.45, 2.75) is 32.7 Å². The van der Waals surface area contributed by atoms with E-state index >= 15 is 0 Å². The number of nitrogens with one attached hydrogen (secondary N) is 2. The summed E-state index contributed by atoms with van der Waals surface area (Å²) in [5.41, 5.74) is 0.759. The molecular weight excluding hydrogens is 240 g/mol. The number of anilines is 2. The maximum Gasteiger partial charge on any atom is 0.224 e. The van der Waals surface area contributed by atoms with Crippen LogP contribution in [0, 0.1) is 0 Å².